The third kappa shape index (κ3) is 4.17. The van der Waals surface area contributed by atoms with E-state index in [1.165, 1.54) is 0 Å². The highest BCUT2D eigenvalue weighted by Gasteiger charge is 2.38. The zero-order valence-electron chi connectivity index (χ0n) is 10.7. The minimum Gasteiger partial charge on any atom is -0.269 e. The van der Waals surface area contributed by atoms with Gasteiger partial charge in [-0.05, 0) is 0 Å². The van der Waals surface area contributed by atoms with Crippen LogP contribution in [0.4, 0.5) is 0 Å². The van der Waals surface area contributed by atoms with Crippen molar-refractivity contribution in [3.63, 3.8) is 0 Å². The Kier molecular flexibility index (Phi) is 6.59. The van der Waals surface area contributed by atoms with Gasteiger partial charge in [0.15, 0.2) is 0 Å². The summed E-state index contributed by atoms with van der Waals surface area (Å²) in [5.74, 6) is -1.47. The fourth-order valence-electron chi connectivity index (χ4n) is 1.56. The summed E-state index contributed by atoms with van der Waals surface area (Å²) >= 11 is 23.1. The molecular weight excluding hydrogens is 405 g/mol. The van der Waals surface area contributed by atoms with Gasteiger partial charge < -0.3 is 0 Å². The lowest BCUT2D eigenvalue weighted by atomic mass is 10.2. The highest BCUT2D eigenvalue weighted by Crippen LogP contribution is 2.30. The first-order chi connectivity index (χ1) is 10.3. The average molecular weight is 416 g/mol. The van der Waals surface area contributed by atoms with E-state index < -0.39 is 41.6 Å². The number of alkyl halides is 4. The van der Waals surface area contributed by atoms with E-state index in [1.54, 1.807) is 0 Å². The molecule has 2 N–H and O–H groups in total. The van der Waals surface area contributed by atoms with Crippen LogP contribution in [0.5, 0.6) is 0 Å². The number of hydrazine groups is 2. The Bertz CT molecular complexity index is 447. The number of hydrogen-bond donors (Lipinski definition) is 2. The van der Waals surface area contributed by atoms with Crippen LogP contribution in [-0.2, 0) is 23.4 Å². The van der Waals surface area contributed by atoms with Gasteiger partial charge in [0.05, 0.1) is 10.8 Å². The van der Waals surface area contributed by atoms with Crippen molar-refractivity contribution in [2.75, 3.05) is 13.1 Å². The number of halogens is 4. The summed E-state index contributed by atoms with van der Waals surface area (Å²) in [5, 5.41) is -2.24. The van der Waals surface area contributed by atoms with Crippen LogP contribution < -0.4 is 10.9 Å². The van der Waals surface area contributed by atoms with Crippen molar-refractivity contribution in [1.82, 2.24) is 21.2 Å². The summed E-state index contributed by atoms with van der Waals surface area (Å²) in [6.45, 7) is 0.240. The molecule has 9 nitrogen and oxygen atoms in total. The molecule has 2 heterocycles. The molecule has 4 unspecified atom stereocenters. The minimum absolute atomic E-state index is 0.120. The van der Waals surface area contributed by atoms with E-state index in [4.69, 9.17) is 55.7 Å². The molecule has 14 heteroatoms. The van der Waals surface area contributed by atoms with Gasteiger partial charge in [-0.3, -0.25) is 14.2 Å². The number of rotatable bonds is 4. The van der Waals surface area contributed by atoms with Gasteiger partial charge in [-0.1, -0.05) is 0 Å². The Morgan fingerprint density at radius 3 is 1.64 bits per heavy atom. The number of nitrogens with zero attached hydrogens (tertiary/aromatic N) is 2. The molecule has 2 rings (SSSR count). The van der Waals surface area contributed by atoms with Crippen LogP contribution in [0, 0.1) is 0 Å². The lowest BCUT2D eigenvalue weighted by Gasteiger charge is -2.33. The van der Waals surface area contributed by atoms with Crippen LogP contribution in [0.15, 0.2) is 0 Å². The van der Waals surface area contributed by atoms with Crippen molar-refractivity contribution in [3.8, 4) is 0 Å². The Morgan fingerprint density at radius 2 is 1.27 bits per heavy atom. The second kappa shape index (κ2) is 7.83. The van der Waals surface area contributed by atoms with Gasteiger partial charge in [0.25, 0.3) is 11.8 Å². The molecule has 4 atom stereocenters. The number of hydrogen-bond acceptors (Lipinski definition) is 7. The molecule has 2 fully saturated rings. The van der Waals surface area contributed by atoms with E-state index in [1.807, 2.05) is 0 Å². The Hall–Kier alpha value is 0.170. The molecular formula is C8H11Cl4N4O5P. The van der Waals surface area contributed by atoms with E-state index in [-0.39, 0.29) is 13.1 Å². The lowest BCUT2D eigenvalue weighted by molar-refractivity contribution is -0.191. The number of hydroxylamine groups is 2. The van der Waals surface area contributed by atoms with Crippen molar-refractivity contribution < 1.29 is 23.4 Å². The van der Waals surface area contributed by atoms with Crippen LogP contribution in [-0.4, -0.2) is 56.8 Å². The van der Waals surface area contributed by atoms with Gasteiger partial charge in [0.2, 0.25) is 0 Å². The first-order valence-electron chi connectivity index (χ1n) is 5.92. The van der Waals surface area contributed by atoms with Crippen LogP contribution >= 0.6 is 54.7 Å². The zero-order valence-corrected chi connectivity index (χ0v) is 14.7. The monoisotopic (exact) mass is 414 g/mol. The van der Waals surface area contributed by atoms with E-state index >= 15 is 0 Å². The maximum absolute atomic E-state index is 11.8. The van der Waals surface area contributed by atoms with Gasteiger partial charge in [-0.15, -0.1) is 56.7 Å². The highest BCUT2D eigenvalue weighted by molar-refractivity contribution is 7.33. The zero-order chi connectivity index (χ0) is 16.4. The lowest BCUT2D eigenvalue weighted by Crippen LogP contribution is -2.57. The highest BCUT2D eigenvalue weighted by atomic mass is 35.5. The molecule has 0 bridgehead atoms. The van der Waals surface area contributed by atoms with Crippen LogP contribution in [0.3, 0.4) is 0 Å². The van der Waals surface area contributed by atoms with E-state index in [2.05, 4.69) is 10.9 Å². The molecule has 2 saturated heterocycles. The number of amides is 2. The third-order valence-electron chi connectivity index (χ3n) is 2.70. The van der Waals surface area contributed by atoms with Gasteiger partial charge in [-0.2, -0.15) is 9.25 Å². The van der Waals surface area contributed by atoms with E-state index in [0.29, 0.717) is 10.3 Å². The molecule has 2 aliphatic heterocycles. The molecule has 0 saturated carbocycles. The summed E-state index contributed by atoms with van der Waals surface area (Å²) in [4.78, 5) is 23.5. The molecule has 0 aromatic heterocycles. The third-order valence-corrected chi connectivity index (χ3v) is 5.41. The van der Waals surface area contributed by atoms with Crippen LogP contribution in [0.2, 0.25) is 0 Å². The number of nitrogens with one attached hydrogen (secondary N) is 2. The summed E-state index contributed by atoms with van der Waals surface area (Å²) in [6.07, 6.45) is 0. The SMILES string of the molecule is O=C1C(Cl)C(Cl)CNN1O[PH](=O)ON1NCC(Cl)C(Cl)C1=O. The van der Waals surface area contributed by atoms with Gasteiger partial charge >= 0.3 is 8.25 Å². The van der Waals surface area contributed by atoms with E-state index in [9.17, 15) is 14.2 Å². The van der Waals surface area contributed by atoms with Crippen molar-refractivity contribution in [2.24, 2.45) is 0 Å². The van der Waals surface area contributed by atoms with Crippen molar-refractivity contribution in [2.45, 2.75) is 21.5 Å². The normalized spacial score (nSPS) is 34.9. The van der Waals surface area contributed by atoms with Crippen LogP contribution in [0.25, 0.3) is 0 Å². The summed E-state index contributed by atoms with van der Waals surface area (Å²) < 4.78 is 21.3. The molecule has 2 amide bonds. The molecule has 0 aromatic carbocycles. The molecule has 0 aliphatic carbocycles. The second-order valence-electron chi connectivity index (χ2n) is 4.26. The minimum atomic E-state index is -3.30. The first kappa shape index (κ1) is 18.5. The molecule has 0 radical (unpaired) electrons. The molecule has 0 aromatic rings. The second-order valence-corrected chi connectivity index (χ2v) is 7.18. The Morgan fingerprint density at radius 1 is 0.909 bits per heavy atom. The maximum atomic E-state index is 11.8. The molecule has 2 aliphatic rings. The molecule has 22 heavy (non-hydrogen) atoms. The topological polar surface area (TPSA) is 100 Å². The largest absolute Gasteiger partial charge is 0.364 e. The quantitative estimate of drug-likeness (QED) is 0.505. The van der Waals surface area contributed by atoms with Crippen molar-refractivity contribution in [3.05, 3.63) is 0 Å². The Balaban J connectivity index is 1.88. The predicted molar refractivity (Wildman–Crippen MR) is 79.4 cm³/mol. The van der Waals surface area contributed by atoms with E-state index in [0.717, 1.165) is 0 Å². The average Bonchev–Trinajstić information content (AvgIpc) is 2.48. The van der Waals surface area contributed by atoms with Crippen molar-refractivity contribution >= 4 is 66.5 Å². The van der Waals surface area contributed by atoms with Gasteiger partial charge in [0.1, 0.15) is 10.8 Å². The first-order valence-corrected chi connectivity index (χ1v) is 8.89. The summed E-state index contributed by atoms with van der Waals surface area (Å²) in [5.41, 5.74) is 4.93. The number of carbonyl (C=O) groups is 2. The number of carbonyl (C=O) groups excluding carboxylic acids is 2. The fourth-order valence-corrected chi connectivity index (χ4v) is 2.91. The molecule has 126 valence electrons. The fraction of sp³-hybridized carbons (Fsp3) is 0.750. The Labute approximate surface area is 145 Å². The van der Waals surface area contributed by atoms with Gasteiger partial charge in [-0.25, -0.2) is 10.9 Å². The smallest absolute Gasteiger partial charge is 0.269 e. The van der Waals surface area contributed by atoms with Gasteiger partial charge in [0, 0.05) is 13.1 Å². The predicted octanol–water partition coefficient (Wildman–Crippen LogP) is 0.362. The van der Waals surface area contributed by atoms with Crippen LogP contribution in [0.1, 0.15) is 0 Å². The standard InChI is InChI=1S/C8H11Cl4N4O5P/c9-3-1-13-15(7(17)5(3)11)20-22(19)21-16-8(18)6(12)4(10)2-14-16/h3-6,13-14,22H,1-2H2. The summed E-state index contributed by atoms with van der Waals surface area (Å²) in [7, 11) is -3.30. The maximum Gasteiger partial charge on any atom is 0.364 e. The summed E-state index contributed by atoms with van der Waals surface area (Å²) in [6, 6.07) is 0. The van der Waals surface area contributed by atoms with Crippen molar-refractivity contribution in [1.29, 1.82) is 0 Å². The molecule has 0 spiro atoms.